The van der Waals surface area contributed by atoms with Crippen LogP contribution < -0.4 is 0 Å². The normalized spacial score (nSPS) is 10.8. The summed E-state index contributed by atoms with van der Waals surface area (Å²) < 4.78 is 2.07. The number of rotatable bonds is 4. The summed E-state index contributed by atoms with van der Waals surface area (Å²) in [6.07, 6.45) is 6.56. The maximum absolute atomic E-state index is 4.00. The lowest BCUT2D eigenvalue weighted by atomic mass is 9.91. The Morgan fingerprint density at radius 1 is 0.895 bits per heavy atom. The molecule has 2 nitrogen and oxygen atoms in total. The van der Waals surface area contributed by atoms with Crippen molar-refractivity contribution in [1.29, 1.82) is 0 Å². The number of benzene rings is 2. The molecule has 1 radical (unpaired) electrons. The van der Waals surface area contributed by atoms with Crippen LogP contribution in [0.25, 0.3) is 0 Å². The SMILES string of the molecule is [c]1cn(CC(c2ccccc2)c2ccccc2)cn1. The van der Waals surface area contributed by atoms with E-state index >= 15 is 0 Å². The van der Waals surface area contributed by atoms with E-state index in [2.05, 4.69) is 76.4 Å². The molecule has 0 saturated carbocycles. The summed E-state index contributed by atoms with van der Waals surface area (Å²) in [5.74, 6) is 0.338. The molecular weight excluding hydrogens is 232 g/mol. The standard InChI is InChI=1S/C17H15N2/c1-3-7-15(8-4-1)17(13-19-12-11-18-14-19)16-9-5-2-6-10-16/h1-10,12,14,17H,13H2. The molecule has 3 rings (SSSR count). The second-order valence-electron chi connectivity index (χ2n) is 4.57. The zero-order valence-corrected chi connectivity index (χ0v) is 10.6. The highest BCUT2D eigenvalue weighted by molar-refractivity contribution is 5.32. The minimum atomic E-state index is 0.338. The summed E-state index contributed by atoms with van der Waals surface area (Å²) in [5, 5.41) is 0. The van der Waals surface area contributed by atoms with E-state index in [9.17, 15) is 0 Å². The molecule has 0 atom stereocenters. The van der Waals surface area contributed by atoms with Gasteiger partial charge in [0, 0.05) is 18.7 Å². The molecule has 0 aliphatic heterocycles. The second kappa shape index (κ2) is 5.53. The molecular formula is C17H15N2. The van der Waals surface area contributed by atoms with Crippen LogP contribution in [0.4, 0.5) is 0 Å². The Bertz CT molecular complexity index is 561. The summed E-state index contributed by atoms with van der Waals surface area (Å²) in [6, 6.07) is 21.2. The monoisotopic (exact) mass is 247 g/mol. The van der Waals surface area contributed by atoms with Crippen LogP contribution in [0.5, 0.6) is 0 Å². The van der Waals surface area contributed by atoms with Crippen LogP contribution in [-0.4, -0.2) is 9.55 Å². The fourth-order valence-electron chi connectivity index (χ4n) is 2.33. The van der Waals surface area contributed by atoms with Gasteiger partial charge in [0.25, 0.3) is 0 Å². The molecule has 0 aliphatic rings. The zero-order chi connectivity index (χ0) is 12.9. The van der Waals surface area contributed by atoms with Crippen molar-refractivity contribution in [3.8, 4) is 0 Å². The first-order valence-corrected chi connectivity index (χ1v) is 6.41. The summed E-state index contributed by atoms with van der Waals surface area (Å²) in [7, 11) is 0. The van der Waals surface area contributed by atoms with E-state index in [4.69, 9.17) is 0 Å². The van der Waals surface area contributed by atoms with Crippen LogP contribution >= 0.6 is 0 Å². The van der Waals surface area contributed by atoms with Crippen molar-refractivity contribution < 1.29 is 0 Å². The van der Waals surface area contributed by atoms with Gasteiger partial charge in [-0.1, -0.05) is 60.7 Å². The van der Waals surface area contributed by atoms with Crippen molar-refractivity contribution in [2.45, 2.75) is 12.5 Å². The van der Waals surface area contributed by atoms with Gasteiger partial charge in [-0.3, -0.25) is 0 Å². The van der Waals surface area contributed by atoms with Crippen LogP contribution in [0.15, 0.2) is 73.2 Å². The lowest BCUT2D eigenvalue weighted by Gasteiger charge is -2.18. The molecule has 0 aliphatic carbocycles. The third-order valence-corrected chi connectivity index (χ3v) is 3.30. The molecule has 19 heavy (non-hydrogen) atoms. The van der Waals surface area contributed by atoms with Gasteiger partial charge >= 0.3 is 0 Å². The second-order valence-corrected chi connectivity index (χ2v) is 4.57. The van der Waals surface area contributed by atoms with Gasteiger partial charge in [-0.05, 0) is 11.1 Å². The third kappa shape index (κ3) is 2.74. The number of hydrogen-bond donors (Lipinski definition) is 0. The summed E-state index contributed by atoms with van der Waals surface area (Å²) in [4.78, 5) is 4.00. The van der Waals surface area contributed by atoms with Crippen molar-refractivity contribution >= 4 is 0 Å². The van der Waals surface area contributed by atoms with Crippen LogP contribution in [0.3, 0.4) is 0 Å². The number of aromatic nitrogens is 2. The number of imidazole rings is 1. The fraction of sp³-hybridized carbons (Fsp3) is 0.118. The lowest BCUT2D eigenvalue weighted by molar-refractivity contribution is 0.623. The minimum absolute atomic E-state index is 0.338. The van der Waals surface area contributed by atoms with Gasteiger partial charge in [0.05, 0.1) is 6.33 Å². The molecule has 0 bridgehead atoms. The molecule has 0 unspecified atom stereocenters. The average molecular weight is 247 g/mol. The number of hydrogen-bond acceptors (Lipinski definition) is 1. The first-order valence-electron chi connectivity index (χ1n) is 6.41. The highest BCUT2D eigenvalue weighted by Gasteiger charge is 2.14. The molecule has 0 saturated heterocycles. The molecule has 0 fully saturated rings. The van der Waals surface area contributed by atoms with Crippen molar-refractivity contribution in [1.82, 2.24) is 9.55 Å². The highest BCUT2D eigenvalue weighted by atomic mass is 15.0. The Balaban J connectivity index is 1.96. The highest BCUT2D eigenvalue weighted by Crippen LogP contribution is 2.26. The van der Waals surface area contributed by atoms with Gasteiger partial charge in [-0.25, -0.2) is 4.98 Å². The molecule has 0 amide bonds. The zero-order valence-electron chi connectivity index (χ0n) is 10.6. The Kier molecular flexibility index (Phi) is 3.41. The molecule has 1 heterocycles. The topological polar surface area (TPSA) is 17.8 Å². The Hall–Kier alpha value is -2.35. The molecule has 0 spiro atoms. The molecule has 93 valence electrons. The summed E-state index contributed by atoms with van der Waals surface area (Å²) in [5.41, 5.74) is 2.64. The molecule has 1 aromatic heterocycles. The Labute approximate surface area is 113 Å². The molecule has 0 N–H and O–H groups in total. The van der Waals surface area contributed by atoms with Crippen molar-refractivity contribution in [2.24, 2.45) is 0 Å². The van der Waals surface area contributed by atoms with E-state index in [-0.39, 0.29) is 0 Å². The predicted octanol–water partition coefficient (Wildman–Crippen LogP) is 3.52. The van der Waals surface area contributed by atoms with Crippen LogP contribution in [0, 0.1) is 6.20 Å². The van der Waals surface area contributed by atoms with Crippen LogP contribution in [0.2, 0.25) is 0 Å². The quantitative estimate of drug-likeness (QED) is 0.689. The van der Waals surface area contributed by atoms with E-state index < -0.39 is 0 Å². The van der Waals surface area contributed by atoms with Crippen LogP contribution in [0.1, 0.15) is 17.0 Å². The van der Waals surface area contributed by atoms with Gasteiger partial charge in [0.1, 0.15) is 6.20 Å². The maximum atomic E-state index is 4.00. The fourth-order valence-corrected chi connectivity index (χ4v) is 2.33. The molecule has 3 aromatic rings. The largest absolute Gasteiger partial charge is 0.336 e. The van der Waals surface area contributed by atoms with Crippen LogP contribution in [-0.2, 0) is 6.54 Å². The Morgan fingerprint density at radius 3 is 1.95 bits per heavy atom. The van der Waals surface area contributed by atoms with Crippen molar-refractivity contribution in [3.63, 3.8) is 0 Å². The van der Waals surface area contributed by atoms with Crippen molar-refractivity contribution in [2.75, 3.05) is 0 Å². The smallest absolute Gasteiger partial charge is 0.108 e. The van der Waals surface area contributed by atoms with Gasteiger partial charge in [-0.15, -0.1) is 0 Å². The first kappa shape index (κ1) is 11.7. The average Bonchev–Trinajstić information content (AvgIpc) is 3.00. The van der Waals surface area contributed by atoms with E-state index in [0.717, 1.165) is 6.54 Å². The van der Waals surface area contributed by atoms with Gasteiger partial charge < -0.3 is 4.57 Å². The van der Waals surface area contributed by atoms with E-state index in [1.165, 1.54) is 11.1 Å². The molecule has 2 aromatic carbocycles. The van der Waals surface area contributed by atoms with E-state index in [1.807, 2.05) is 12.5 Å². The summed E-state index contributed by atoms with van der Waals surface area (Å²) in [6.45, 7) is 0.879. The lowest BCUT2D eigenvalue weighted by Crippen LogP contribution is -2.09. The van der Waals surface area contributed by atoms with Gasteiger partial charge in [0.2, 0.25) is 0 Å². The summed E-state index contributed by atoms with van der Waals surface area (Å²) >= 11 is 0. The van der Waals surface area contributed by atoms with E-state index in [0.29, 0.717) is 5.92 Å². The van der Waals surface area contributed by atoms with Gasteiger partial charge in [-0.2, -0.15) is 0 Å². The van der Waals surface area contributed by atoms with E-state index in [1.54, 1.807) is 0 Å². The predicted molar refractivity (Wildman–Crippen MR) is 75.8 cm³/mol. The van der Waals surface area contributed by atoms with Gasteiger partial charge in [0.15, 0.2) is 0 Å². The number of nitrogens with zero attached hydrogens (tertiary/aromatic N) is 2. The Morgan fingerprint density at radius 2 is 1.47 bits per heavy atom. The minimum Gasteiger partial charge on any atom is -0.336 e. The maximum Gasteiger partial charge on any atom is 0.108 e. The van der Waals surface area contributed by atoms with Crippen molar-refractivity contribution in [3.05, 3.63) is 90.5 Å². The third-order valence-electron chi connectivity index (χ3n) is 3.30. The first-order chi connectivity index (χ1) is 9.43. The molecule has 2 heteroatoms.